The van der Waals surface area contributed by atoms with Gasteiger partial charge in [-0.2, -0.15) is 0 Å². The van der Waals surface area contributed by atoms with E-state index < -0.39 is 11.6 Å². The van der Waals surface area contributed by atoms with E-state index >= 15 is 0 Å². The van der Waals surface area contributed by atoms with Gasteiger partial charge in [0.15, 0.2) is 0 Å². The van der Waals surface area contributed by atoms with Crippen molar-refractivity contribution in [3.05, 3.63) is 119 Å². The Hall–Kier alpha value is -4.19. The lowest BCUT2D eigenvalue weighted by atomic mass is 10.0. The average molecular weight is 458 g/mol. The van der Waals surface area contributed by atoms with Crippen molar-refractivity contribution in [1.29, 1.82) is 0 Å². The van der Waals surface area contributed by atoms with E-state index in [1.54, 1.807) is 12.3 Å². The fourth-order valence-corrected chi connectivity index (χ4v) is 3.52. The number of pyridine rings is 1. The van der Waals surface area contributed by atoms with Crippen LogP contribution in [-0.4, -0.2) is 4.98 Å². The molecule has 4 nitrogen and oxygen atoms in total. The molecule has 0 radical (unpaired) electrons. The van der Waals surface area contributed by atoms with Gasteiger partial charge >= 0.3 is 0 Å². The Morgan fingerprint density at radius 2 is 1.68 bits per heavy atom. The topological polar surface area (TPSA) is 46.2 Å². The summed E-state index contributed by atoms with van der Waals surface area (Å²) in [5.74, 6) is 0.761. The molecule has 1 aromatic heterocycles. The van der Waals surface area contributed by atoms with Crippen molar-refractivity contribution < 1.29 is 13.5 Å². The molecular formula is C28H25F2N3O. The van der Waals surface area contributed by atoms with Gasteiger partial charge < -0.3 is 15.4 Å². The van der Waals surface area contributed by atoms with Gasteiger partial charge in [0, 0.05) is 47.4 Å². The van der Waals surface area contributed by atoms with Gasteiger partial charge in [-0.1, -0.05) is 36.4 Å². The summed E-state index contributed by atoms with van der Waals surface area (Å²) in [6, 6.07) is 20.8. The summed E-state index contributed by atoms with van der Waals surface area (Å²) in [4.78, 5) is 4.36. The quantitative estimate of drug-likeness (QED) is 0.292. The molecule has 6 heteroatoms. The highest BCUT2D eigenvalue weighted by molar-refractivity contribution is 5.67. The molecule has 2 N–H and O–H groups in total. The van der Waals surface area contributed by atoms with E-state index in [-0.39, 0.29) is 6.54 Å². The van der Waals surface area contributed by atoms with Gasteiger partial charge in [0.25, 0.3) is 0 Å². The predicted octanol–water partition coefficient (Wildman–Crippen LogP) is 7.27. The average Bonchev–Trinajstić information content (AvgIpc) is 2.80. The number of nitrogens with one attached hydrogen (secondary N) is 2. The van der Waals surface area contributed by atoms with Gasteiger partial charge in [0.2, 0.25) is 0 Å². The van der Waals surface area contributed by atoms with Gasteiger partial charge in [0.1, 0.15) is 29.0 Å². The fraction of sp³-hybridized carbons (Fsp3) is 0.107. The van der Waals surface area contributed by atoms with Crippen LogP contribution >= 0.6 is 0 Å². The van der Waals surface area contributed by atoms with Crippen LogP contribution in [0.25, 0.3) is 5.70 Å². The van der Waals surface area contributed by atoms with Crippen LogP contribution in [0.4, 0.5) is 20.3 Å². The van der Waals surface area contributed by atoms with Crippen LogP contribution < -0.4 is 15.4 Å². The van der Waals surface area contributed by atoms with Crippen LogP contribution in [0.15, 0.2) is 85.6 Å². The number of nitrogens with zero attached hydrogens (tertiary/aromatic N) is 1. The van der Waals surface area contributed by atoms with Crippen molar-refractivity contribution in [2.75, 3.05) is 5.32 Å². The molecule has 1 heterocycles. The highest BCUT2D eigenvalue weighted by Crippen LogP contribution is 2.30. The summed E-state index contributed by atoms with van der Waals surface area (Å²) in [5, 5.41) is 6.41. The van der Waals surface area contributed by atoms with Crippen molar-refractivity contribution in [2.45, 2.75) is 20.4 Å². The molecule has 0 aliphatic heterocycles. The number of hydrogen-bond acceptors (Lipinski definition) is 4. The van der Waals surface area contributed by atoms with Crippen molar-refractivity contribution in [3.8, 4) is 11.5 Å². The maximum atomic E-state index is 13.5. The fourth-order valence-electron chi connectivity index (χ4n) is 3.52. The number of halogens is 2. The first-order valence-corrected chi connectivity index (χ1v) is 10.8. The molecule has 0 amide bonds. The SMILES string of the molecule is C=C(NCc1cc(F)cc(F)c1)c1cccc(Oc2ccnc(Nc3ccc(C)cc3)c2)c1C. The van der Waals surface area contributed by atoms with Crippen LogP contribution in [0.2, 0.25) is 0 Å². The first kappa shape index (κ1) is 23.0. The predicted molar refractivity (Wildman–Crippen MR) is 132 cm³/mol. The van der Waals surface area contributed by atoms with E-state index in [9.17, 15) is 8.78 Å². The van der Waals surface area contributed by atoms with Gasteiger partial charge in [-0.15, -0.1) is 0 Å². The largest absolute Gasteiger partial charge is 0.457 e. The number of aromatic nitrogens is 1. The Labute approximate surface area is 198 Å². The Balaban J connectivity index is 1.46. The molecule has 0 aliphatic carbocycles. The normalized spacial score (nSPS) is 10.6. The molecule has 3 aromatic carbocycles. The number of ether oxygens (including phenoxy) is 1. The Kier molecular flexibility index (Phi) is 6.87. The number of aryl methyl sites for hydroxylation is 1. The first-order valence-electron chi connectivity index (χ1n) is 10.8. The number of anilines is 2. The lowest BCUT2D eigenvalue weighted by Gasteiger charge is -2.16. The summed E-state index contributed by atoms with van der Waals surface area (Å²) in [5.41, 5.74) is 4.98. The van der Waals surface area contributed by atoms with Gasteiger partial charge in [-0.25, -0.2) is 13.8 Å². The minimum atomic E-state index is -0.609. The lowest BCUT2D eigenvalue weighted by Crippen LogP contribution is -2.12. The standard InChI is InChI=1S/C28H25F2N3O/c1-18-7-9-24(10-8-18)33-28-16-25(11-12-31-28)34-27-6-4-5-26(19(27)2)20(3)32-17-21-13-22(29)15-23(30)14-21/h4-16,32H,3,17H2,1-2H3,(H,31,33). The molecule has 4 rings (SSSR count). The first-order chi connectivity index (χ1) is 16.4. The van der Waals surface area contributed by atoms with Gasteiger partial charge in [-0.3, -0.25) is 0 Å². The van der Waals surface area contributed by atoms with Crippen LogP contribution in [0.3, 0.4) is 0 Å². The molecule has 172 valence electrons. The third kappa shape index (κ3) is 5.78. The van der Waals surface area contributed by atoms with Gasteiger partial charge in [-0.05, 0) is 55.8 Å². The van der Waals surface area contributed by atoms with Crippen LogP contribution in [0, 0.1) is 25.5 Å². The zero-order valence-corrected chi connectivity index (χ0v) is 19.0. The zero-order chi connectivity index (χ0) is 24.1. The Bertz CT molecular complexity index is 1300. The minimum Gasteiger partial charge on any atom is -0.457 e. The lowest BCUT2D eigenvalue weighted by molar-refractivity contribution is 0.478. The number of rotatable bonds is 8. The summed E-state index contributed by atoms with van der Waals surface area (Å²) < 4.78 is 33.0. The third-order valence-electron chi connectivity index (χ3n) is 5.32. The maximum Gasteiger partial charge on any atom is 0.134 e. The van der Waals surface area contributed by atoms with E-state index in [0.717, 1.165) is 22.9 Å². The molecule has 0 bridgehead atoms. The van der Waals surface area contributed by atoms with Crippen LogP contribution in [0.1, 0.15) is 22.3 Å². The highest BCUT2D eigenvalue weighted by Gasteiger charge is 2.10. The molecule has 34 heavy (non-hydrogen) atoms. The molecule has 0 spiro atoms. The summed E-state index contributed by atoms with van der Waals surface area (Å²) in [7, 11) is 0. The molecule has 0 atom stereocenters. The van der Waals surface area contributed by atoms with Crippen molar-refractivity contribution >= 4 is 17.2 Å². The molecular weight excluding hydrogens is 432 g/mol. The molecule has 0 saturated heterocycles. The van der Waals surface area contributed by atoms with E-state index in [4.69, 9.17) is 4.74 Å². The second kappa shape index (κ2) is 10.2. The van der Waals surface area contributed by atoms with E-state index in [1.807, 2.05) is 62.4 Å². The van der Waals surface area contributed by atoms with Crippen molar-refractivity contribution in [3.63, 3.8) is 0 Å². The van der Waals surface area contributed by atoms with E-state index in [2.05, 4.69) is 22.2 Å². The zero-order valence-electron chi connectivity index (χ0n) is 19.0. The summed E-state index contributed by atoms with van der Waals surface area (Å²) >= 11 is 0. The molecule has 0 fully saturated rings. The van der Waals surface area contributed by atoms with Crippen LogP contribution in [0.5, 0.6) is 11.5 Å². The monoisotopic (exact) mass is 457 g/mol. The van der Waals surface area contributed by atoms with Gasteiger partial charge in [0.05, 0.1) is 0 Å². The molecule has 4 aromatic rings. The number of benzene rings is 3. The minimum absolute atomic E-state index is 0.246. The van der Waals surface area contributed by atoms with Crippen molar-refractivity contribution in [1.82, 2.24) is 10.3 Å². The Morgan fingerprint density at radius 1 is 0.941 bits per heavy atom. The summed E-state index contributed by atoms with van der Waals surface area (Å²) in [6.45, 7) is 8.31. The highest BCUT2D eigenvalue weighted by atomic mass is 19.1. The maximum absolute atomic E-state index is 13.5. The Morgan fingerprint density at radius 3 is 2.41 bits per heavy atom. The molecule has 0 aliphatic rings. The second-order valence-electron chi connectivity index (χ2n) is 8.01. The van der Waals surface area contributed by atoms with E-state index in [1.165, 1.54) is 17.7 Å². The summed E-state index contributed by atoms with van der Waals surface area (Å²) in [6.07, 6.45) is 1.68. The van der Waals surface area contributed by atoms with E-state index in [0.29, 0.717) is 28.6 Å². The second-order valence-corrected chi connectivity index (χ2v) is 8.01. The smallest absolute Gasteiger partial charge is 0.134 e. The third-order valence-corrected chi connectivity index (χ3v) is 5.32. The van der Waals surface area contributed by atoms with Crippen LogP contribution in [-0.2, 0) is 6.54 Å². The molecule has 0 saturated carbocycles. The molecule has 0 unspecified atom stereocenters. The van der Waals surface area contributed by atoms with Crippen molar-refractivity contribution in [2.24, 2.45) is 0 Å². The number of hydrogen-bond donors (Lipinski definition) is 2.